The molecule has 0 aliphatic heterocycles. The molecule has 0 aromatic heterocycles. The second kappa shape index (κ2) is 17.3. The Morgan fingerprint density at radius 2 is 1.61 bits per heavy atom. The van der Waals surface area contributed by atoms with Gasteiger partial charge in [0.05, 0.1) is 19.8 Å². The van der Waals surface area contributed by atoms with E-state index in [1.807, 2.05) is 30.3 Å². The van der Waals surface area contributed by atoms with Crippen molar-refractivity contribution in [1.29, 1.82) is 0 Å². The molecule has 1 unspecified atom stereocenters. The summed E-state index contributed by atoms with van der Waals surface area (Å²) in [5, 5.41) is 18.4. The van der Waals surface area contributed by atoms with E-state index in [2.05, 4.69) is 53.3 Å². The van der Waals surface area contributed by atoms with E-state index in [0.29, 0.717) is 5.33 Å². The summed E-state index contributed by atoms with van der Waals surface area (Å²) < 4.78 is 13.3. The van der Waals surface area contributed by atoms with Gasteiger partial charge in [0.2, 0.25) is 0 Å². The third-order valence-electron chi connectivity index (χ3n) is 5.73. The molecule has 1 radical (unpaired) electrons. The average Bonchev–Trinajstić information content (AvgIpc) is 2.84. The molecule has 5 N–H and O–H groups in total. The average molecular weight is 580 g/mol. The molecule has 0 saturated carbocycles. The number of halogens is 1. The van der Waals surface area contributed by atoms with Gasteiger partial charge in [0, 0.05) is 23.4 Å². The number of rotatable bonds is 3. The number of aliphatic carboxylic acids is 1. The first kappa shape index (κ1) is 33.9. The van der Waals surface area contributed by atoms with Crippen molar-refractivity contribution in [2.45, 2.75) is 51.0 Å². The number of nitrogens with zero attached hydrogens (tertiary/aromatic N) is 1. The Morgan fingerprint density at radius 3 is 2.14 bits per heavy atom. The van der Waals surface area contributed by atoms with Crippen LogP contribution in [0.5, 0.6) is 11.5 Å². The van der Waals surface area contributed by atoms with Gasteiger partial charge in [-0.2, -0.15) is 0 Å². The number of hydrogen-bond donors (Lipinski definition) is 4. The zero-order valence-corrected chi connectivity index (χ0v) is 23.8. The SMILES string of the molecule is C=C1CCCc2c(OC)cccc21.CC(=O)O.COc1cccc2c1CCCC2(O)CBr.N.[B]=NS. The van der Waals surface area contributed by atoms with Crippen LogP contribution in [0.2, 0.25) is 0 Å². The van der Waals surface area contributed by atoms with Gasteiger partial charge in [0.1, 0.15) is 11.5 Å². The molecule has 0 fully saturated rings. The van der Waals surface area contributed by atoms with E-state index in [1.165, 1.54) is 23.1 Å². The molecule has 2 aliphatic rings. The Hall–Kier alpha value is -2.14. The van der Waals surface area contributed by atoms with Gasteiger partial charge < -0.3 is 25.8 Å². The van der Waals surface area contributed by atoms with Gasteiger partial charge >= 0.3 is 24.8 Å². The molecule has 0 amide bonds. The molecule has 2 aromatic rings. The van der Waals surface area contributed by atoms with Gasteiger partial charge in [0.15, 0.2) is 0 Å². The second-order valence-electron chi connectivity index (χ2n) is 8.08. The summed E-state index contributed by atoms with van der Waals surface area (Å²) in [6.07, 6.45) is 6.27. The van der Waals surface area contributed by atoms with Gasteiger partial charge in [-0.05, 0) is 67.4 Å². The number of allylic oxidation sites excluding steroid dienone is 1. The maximum atomic E-state index is 10.4. The predicted molar refractivity (Wildman–Crippen MR) is 154 cm³/mol. The van der Waals surface area contributed by atoms with Crippen molar-refractivity contribution < 1.29 is 24.5 Å². The van der Waals surface area contributed by atoms with E-state index in [9.17, 15) is 5.11 Å². The van der Waals surface area contributed by atoms with Crippen LogP contribution in [0, 0.1) is 0 Å². The van der Waals surface area contributed by atoms with Gasteiger partial charge in [-0.25, -0.2) is 0 Å². The van der Waals surface area contributed by atoms with Crippen LogP contribution in [0.3, 0.4) is 0 Å². The fraction of sp³-hybridized carbons (Fsp3) is 0.423. The van der Waals surface area contributed by atoms with Crippen LogP contribution < -0.4 is 15.6 Å². The number of fused-ring (bicyclic) bond motifs is 2. The van der Waals surface area contributed by atoms with Gasteiger partial charge in [0.25, 0.3) is 5.97 Å². The predicted octanol–water partition coefficient (Wildman–Crippen LogP) is 6.09. The maximum absolute atomic E-state index is 10.4. The molecule has 7 nitrogen and oxygen atoms in total. The van der Waals surface area contributed by atoms with Crippen molar-refractivity contribution in [3.8, 4) is 11.5 Å². The standard InChI is InChI=1S/C12H15BrO2.C12H14O.C2H4O2.BHNS.H3N/c1-15-11-6-2-5-10-9(11)4-3-7-12(10,14)8-13;1-9-5-3-7-11-10(9)6-4-8-12(11)13-2;1-2(3)4;1-2-3;/h2,5-6,14H,3-4,7-8H2,1H3;4,6,8H,1,3,5,7H2,2H3;1H3,(H,3,4);3H;1H3. The molecular weight excluding hydrogens is 543 g/mol. The summed E-state index contributed by atoms with van der Waals surface area (Å²) in [4.78, 5) is 9.00. The van der Waals surface area contributed by atoms with Crippen LogP contribution in [0.1, 0.15) is 54.9 Å². The van der Waals surface area contributed by atoms with Crippen molar-refractivity contribution in [1.82, 2.24) is 6.15 Å². The fourth-order valence-corrected chi connectivity index (χ4v) is 4.82. The number of alkyl halides is 1. The number of hydrogen-bond acceptors (Lipinski definition) is 7. The summed E-state index contributed by atoms with van der Waals surface area (Å²) in [6.45, 7) is 5.16. The Balaban J connectivity index is 0.000000534. The minimum absolute atomic E-state index is 0. The first-order valence-electron chi connectivity index (χ1n) is 11.2. The first-order chi connectivity index (χ1) is 16.7. The number of aliphatic hydroxyl groups is 1. The number of ether oxygens (including phenoxy) is 2. The number of carbonyl (C=O) groups is 1. The van der Waals surface area contributed by atoms with Crippen LogP contribution in [-0.2, 0) is 23.2 Å². The minimum atomic E-state index is -0.833. The van der Waals surface area contributed by atoms with Crippen molar-refractivity contribution in [3.05, 3.63) is 65.2 Å². The molecule has 1 atom stereocenters. The Bertz CT molecular complexity index is 1000. The van der Waals surface area contributed by atoms with Crippen LogP contribution in [0.4, 0.5) is 0 Å². The van der Waals surface area contributed by atoms with E-state index in [-0.39, 0.29) is 6.15 Å². The molecule has 0 bridgehead atoms. The molecule has 0 spiro atoms. The monoisotopic (exact) mass is 579 g/mol. The van der Waals surface area contributed by atoms with Crippen molar-refractivity contribution in [2.75, 3.05) is 19.5 Å². The van der Waals surface area contributed by atoms with E-state index in [0.717, 1.165) is 61.7 Å². The van der Waals surface area contributed by atoms with Crippen molar-refractivity contribution >= 4 is 47.9 Å². The summed E-state index contributed by atoms with van der Waals surface area (Å²) in [6, 6.07) is 12.1. The molecule has 2 aromatic carbocycles. The number of methoxy groups -OCH3 is 2. The third kappa shape index (κ3) is 9.73. The summed E-state index contributed by atoms with van der Waals surface area (Å²) in [5.41, 5.74) is 5.34. The van der Waals surface area contributed by atoms with Gasteiger partial charge in [-0.1, -0.05) is 46.8 Å². The first-order valence-corrected chi connectivity index (χ1v) is 12.7. The molecule has 10 heteroatoms. The fourth-order valence-electron chi connectivity index (χ4n) is 4.24. The van der Waals surface area contributed by atoms with E-state index in [1.54, 1.807) is 14.2 Å². The zero-order chi connectivity index (χ0) is 26.4. The topological polar surface area (TPSA) is 123 Å². The molecule has 0 saturated heterocycles. The molecule has 0 heterocycles. The quantitative estimate of drug-likeness (QED) is 0.198. The molecule has 197 valence electrons. The number of carboxylic acid groups (broad SMARTS) is 1. The van der Waals surface area contributed by atoms with Crippen LogP contribution in [0.25, 0.3) is 5.57 Å². The number of carboxylic acids is 1. The molecular formula is C26H37BBrN2O5S. The summed E-state index contributed by atoms with van der Waals surface area (Å²) in [5.74, 6) is 1.07. The molecule has 36 heavy (non-hydrogen) atoms. The zero-order valence-electron chi connectivity index (χ0n) is 21.3. The summed E-state index contributed by atoms with van der Waals surface area (Å²) in [7, 11) is 7.74. The summed E-state index contributed by atoms with van der Waals surface area (Å²) >= 11 is 6.58. The molecule has 4 rings (SSSR count). The number of benzene rings is 2. The second-order valence-corrected chi connectivity index (χ2v) is 8.87. The van der Waals surface area contributed by atoms with Gasteiger partial charge in [-0.3, -0.25) is 4.79 Å². The van der Waals surface area contributed by atoms with Crippen LogP contribution in [-0.4, -0.2) is 43.4 Å². The van der Waals surface area contributed by atoms with E-state index in [4.69, 9.17) is 19.4 Å². The normalized spacial score (nSPS) is 16.9. The van der Waals surface area contributed by atoms with Crippen molar-refractivity contribution in [3.63, 3.8) is 0 Å². The van der Waals surface area contributed by atoms with Gasteiger partial charge in [-0.15, -0.1) is 0 Å². The van der Waals surface area contributed by atoms with E-state index >= 15 is 0 Å². The third-order valence-corrected chi connectivity index (χ3v) is 6.66. The van der Waals surface area contributed by atoms with Crippen molar-refractivity contribution in [2.24, 2.45) is 4.30 Å². The Kier molecular flexibility index (Phi) is 16.3. The Morgan fingerprint density at radius 1 is 1.11 bits per heavy atom. The Labute approximate surface area is 229 Å². The van der Waals surface area contributed by atoms with Crippen LogP contribution in [0.15, 0.2) is 47.3 Å². The van der Waals surface area contributed by atoms with E-state index < -0.39 is 11.6 Å². The molecule has 2 aliphatic carbocycles. The number of thiol groups is 1. The van der Waals surface area contributed by atoms with Crippen LogP contribution >= 0.6 is 28.7 Å².